The first kappa shape index (κ1) is 11.1. The Labute approximate surface area is 99.9 Å². The molecule has 0 aliphatic carbocycles. The van der Waals surface area contributed by atoms with Gasteiger partial charge in [0.05, 0.1) is 0 Å². The van der Waals surface area contributed by atoms with Crippen LogP contribution in [0, 0.1) is 0 Å². The summed E-state index contributed by atoms with van der Waals surface area (Å²) in [6, 6.07) is 2.11. The largest absolute Gasteiger partial charge is 0.317 e. The molecule has 1 atom stereocenters. The van der Waals surface area contributed by atoms with E-state index >= 15 is 0 Å². The smallest absolute Gasteiger partial charge is 0.143 e. The Kier molecular flexibility index (Phi) is 3.10. The van der Waals surface area contributed by atoms with Gasteiger partial charge in [-0.2, -0.15) is 0 Å². The summed E-state index contributed by atoms with van der Waals surface area (Å²) in [5, 5.41) is 1.20. The van der Waals surface area contributed by atoms with Gasteiger partial charge in [0.2, 0.25) is 0 Å². The van der Waals surface area contributed by atoms with Crippen molar-refractivity contribution >= 4 is 36.4 Å². The molecule has 15 heavy (non-hydrogen) atoms. The summed E-state index contributed by atoms with van der Waals surface area (Å²) in [5.74, 6) is 0. The number of nitrogens with zero attached hydrogens (tertiary/aromatic N) is 3. The third-order valence-corrected chi connectivity index (χ3v) is 3.03. The van der Waals surface area contributed by atoms with E-state index in [0.717, 1.165) is 16.7 Å². The number of hydrogen-bond acceptors (Lipinski definition) is 2. The molecule has 0 aromatic carbocycles. The molecule has 0 aliphatic rings. The Bertz CT molecular complexity index is 493. The SMILES string of the molecule is CN(C)Cc1cn(P)c2ncc(Br)cc12. The lowest BCUT2D eigenvalue weighted by Crippen LogP contribution is -2.10. The first-order valence-electron chi connectivity index (χ1n) is 4.63. The van der Waals surface area contributed by atoms with Crippen molar-refractivity contribution in [2.45, 2.75) is 6.54 Å². The molecular weight excluding hydrogens is 273 g/mol. The van der Waals surface area contributed by atoms with Gasteiger partial charge in [-0.05, 0) is 51.0 Å². The molecule has 80 valence electrons. The summed E-state index contributed by atoms with van der Waals surface area (Å²) in [6.07, 6.45) is 3.93. The molecule has 1 unspecified atom stereocenters. The molecular formula is C10H13BrN3P. The quantitative estimate of drug-likeness (QED) is 0.791. The van der Waals surface area contributed by atoms with Crippen molar-refractivity contribution in [1.82, 2.24) is 14.2 Å². The van der Waals surface area contributed by atoms with Crippen LogP contribution in [0.25, 0.3) is 11.0 Å². The first-order chi connectivity index (χ1) is 7.08. The Morgan fingerprint density at radius 3 is 2.93 bits per heavy atom. The predicted molar refractivity (Wildman–Crippen MR) is 69.9 cm³/mol. The second kappa shape index (κ2) is 4.20. The van der Waals surface area contributed by atoms with Crippen LogP contribution in [-0.2, 0) is 6.54 Å². The first-order valence-corrected chi connectivity index (χ1v) is 5.94. The van der Waals surface area contributed by atoms with E-state index in [0.29, 0.717) is 0 Å². The minimum Gasteiger partial charge on any atom is -0.317 e. The Hall–Kier alpha value is -0.440. The minimum atomic E-state index is 0.927. The standard InChI is InChI=1S/C10H13BrN3P/c1-13(2)5-7-6-14(15)10-9(7)3-8(11)4-12-10/h3-4,6H,5,15H2,1-2H3. The fourth-order valence-corrected chi connectivity index (χ4v) is 2.36. The zero-order chi connectivity index (χ0) is 11.0. The summed E-state index contributed by atoms with van der Waals surface area (Å²) >= 11 is 3.45. The second-order valence-electron chi connectivity index (χ2n) is 3.82. The van der Waals surface area contributed by atoms with Crippen LogP contribution in [0.1, 0.15) is 5.56 Å². The van der Waals surface area contributed by atoms with Gasteiger partial charge in [0, 0.05) is 28.8 Å². The van der Waals surface area contributed by atoms with Gasteiger partial charge in [-0.15, -0.1) is 0 Å². The fourth-order valence-electron chi connectivity index (χ4n) is 1.64. The van der Waals surface area contributed by atoms with Gasteiger partial charge in [0.1, 0.15) is 5.65 Å². The summed E-state index contributed by atoms with van der Waals surface area (Å²) in [4.78, 5) is 6.54. The molecule has 0 saturated carbocycles. The highest BCUT2D eigenvalue weighted by Crippen LogP contribution is 2.25. The van der Waals surface area contributed by atoms with E-state index in [1.807, 2.05) is 10.5 Å². The number of pyridine rings is 1. The lowest BCUT2D eigenvalue weighted by molar-refractivity contribution is 0.404. The monoisotopic (exact) mass is 285 g/mol. The fraction of sp³-hybridized carbons (Fsp3) is 0.300. The van der Waals surface area contributed by atoms with Crippen molar-refractivity contribution < 1.29 is 0 Å². The van der Waals surface area contributed by atoms with E-state index in [4.69, 9.17) is 0 Å². The molecule has 3 nitrogen and oxygen atoms in total. The van der Waals surface area contributed by atoms with E-state index in [2.05, 4.69) is 61.6 Å². The molecule has 0 saturated heterocycles. The third kappa shape index (κ3) is 2.22. The van der Waals surface area contributed by atoms with Crippen molar-refractivity contribution in [2.75, 3.05) is 14.1 Å². The number of halogens is 1. The molecule has 0 radical (unpaired) electrons. The van der Waals surface area contributed by atoms with Crippen molar-refractivity contribution in [1.29, 1.82) is 0 Å². The lowest BCUT2D eigenvalue weighted by Gasteiger charge is -2.07. The average molecular weight is 286 g/mol. The van der Waals surface area contributed by atoms with Gasteiger partial charge >= 0.3 is 0 Å². The highest BCUT2D eigenvalue weighted by Gasteiger charge is 2.08. The van der Waals surface area contributed by atoms with Gasteiger partial charge in [0.15, 0.2) is 0 Å². The lowest BCUT2D eigenvalue weighted by atomic mass is 10.2. The van der Waals surface area contributed by atoms with Gasteiger partial charge in [-0.25, -0.2) is 4.98 Å². The molecule has 0 spiro atoms. The second-order valence-corrected chi connectivity index (χ2v) is 5.30. The van der Waals surface area contributed by atoms with E-state index < -0.39 is 0 Å². The molecule has 0 aliphatic heterocycles. The molecule has 0 bridgehead atoms. The molecule has 0 fully saturated rings. The van der Waals surface area contributed by atoms with Crippen LogP contribution in [0.15, 0.2) is 22.9 Å². The summed E-state index contributed by atoms with van der Waals surface area (Å²) in [6.45, 7) is 0.927. The Balaban J connectivity index is 2.59. The maximum absolute atomic E-state index is 4.38. The maximum atomic E-state index is 4.38. The minimum absolute atomic E-state index is 0.927. The van der Waals surface area contributed by atoms with Crippen LogP contribution in [0.5, 0.6) is 0 Å². The molecule has 2 aromatic heterocycles. The third-order valence-electron chi connectivity index (χ3n) is 2.21. The molecule has 2 rings (SSSR count). The topological polar surface area (TPSA) is 21.1 Å². The van der Waals surface area contributed by atoms with E-state index in [1.165, 1.54) is 10.9 Å². The van der Waals surface area contributed by atoms with Crippen LogP contribution >= 0.6 is 25.3 Å². The number of rotatable bonds is 2. The van der Waals surface area contributed by atoms with E-state index in [-0.39, 0.29) is 0 Å². The van der Waals surface area contributed by atoms with E-state index in [1.54, 1.807) is 0 Å². The normalized spacial score (nSPS) is 11.5. The Morgan fingerprint density at radius 2 is 2.27 bits per heavy atom. The van der Waals surface area contributed by atoms with E-state index in [9.17, 15) is 0 Å². The maximum Gasteiger partial charge on any atom is 0.143 e. The molecule has 2 heterocycles. The van der Waals surface area contributed by atoms with Crippen LogP contribution in [-0.4, -0.2) is 28.3 Å². The van der Waals surface area contributed by atoms with Gasteiger partial charge in [-0.1, -0.05) is 0 Å². The van der Waals surface area contributed by atoms with Gasteiger partial charge < -0.3 is 9.24 Å². The molecule has 2 aromatic rings. The number of fused-ring (bicyclic) bond motifs is 1. The predicted octanol–water partition coefficient (Wildman–Crippen LogP) is 2.50. The summed E-state index contributed by atoms with van der Waals surface area (Å²) in [5.41, 5.74) is 2.29. The van der Waals surface area contributed by atoms with Crippen LogP contribution < -0.4 is 0 Å². The average Bonchev–Trinajstić information content (AvgIpc) is 2.42. The van der Waals surface area contributed by atoms with Crippen LogP contribution in [0.4, 0.5) is 0 Å². The van der Waals surface area contributed by atoms with Crippen molar-refractivity contribution in [2.24, 2.45) is 0 Å². The highest BCUT2D eigenvalue weighted by molar-refractivity contribution is 9.10. The summed E-state index contributed by atoms with van der Waals surface area (Å²) in [7, 11) is 6.80. The van der Waals surface area contributed by atoms with Crippen molar-refractivity contribution in [3.05, 3.63) is 28.5 Å². The number of aromatic nitrogens is 2. The van der Waals surface area contributed by atoms with Gasteiger partial charge in [0.25, 0.3) is 0 Å². The molecule has 0 N–H and O–H groups in total. The van der Waals surface area contributed by atoms with Crippen LogP contribution in [0.3, 0.4) is 0 Å². The Morgan fingerprint density at radius 1 is 1.53 bits per heavy atom. The van der Waals surface area contributed by atoms with Gasteiger partial charge in [-0.3, -0.25) is 0 Å². The zero-order valence-corrected chi connectivity index (χ0v) is 11.5. The zero-order valence-electron chi connectivity index (χ0n) is 8.74. The van der Waals surface area contributed by atoms with Crippen LogP contribution in [0.2, 0.25) is 0 Å². The molecule has 0 amide bonds. The van der Waals surface area contributed by atoms with Crippen molar-refractivity contribution in [3.8, 4) is 0 Å². The number of hydrogen-bond donors (Lipinski definition) is 0. The molecule has 5 heteroatoms. The summed E-state index contributed by atoms with van der Waals surface area (Å²) < 4.78 is 3.01. The van der Waals surface area contributed by atoms with Crippen molar-refractivity contribution in [3.63, 3.8) is 0 Å². The highest BCUT2D eigenvalue weighted by atomic mass is 79.9.